The molecule has 0 bridgehead atoms. The van der Waals surface area contributed by atoms with Crippen LogP contribution in [0.2, 0.25) is 0 Å². The lowest BCUT2D eigenvalue weighted by molar-refractivity contribution is -0.132. The van der Waals surface area contributed by atoms with Gasteiger partial charge < -0.3 is 10.0 Å². The van der Waals surface area contributed by atoms with Crippen LogP contribution in [0.5, 0.6) is 0 Å². The van der Waals surface area contributed by atoms with Crippen molar-refractivity contribution in [3.05, 3.63) is 35.4 Å². The van der Waals surface area contributed by atoms with Crippen LogP contribution in [0.15, 0.2) is 24.3 Å². The number of benzene rings is 1. The average Bonchev–Trinajstić information content (AvgIpc) is 3.37. The van der Waals surface area contributed by atoms with E-state index in [0.717, 1.165) is 43.8 Å². The molecule has 22 heavy (non-hydrogen) atoms. The number of amides is 1. The smallest absolute Gasteiger partial charge is 0.335 e. The van der Waals surface area contributed by atoms with E-state index in [1.807, 2.05) is 17.0 Å². The maximum absolute atomic E-state index is 12.3. The molecule has 1 amide bonds. The van der Waals surface area contributed by atoms with Crippen molar-refractivity contribution in [3.63, 3.8) is 0 Å². The lowest BCUT2D eigenvalue weighted by atomic mass is 9.90. The summed E-state index contributed by atoms with van der Waals surface area (Å²) in [5, 5.41) is 8.96. The summed E-state index contributed by atoms with van der Waals surface area (Å²) in [5.41, 5.74) is 1.46. The van der Waals surface area contributed by atoms with Gasteiger partial charge in [-0.3, -0.25) is 4.79 Å². The number of hydrogen-bond donors (Lipinski definition) is 1. The number of carboxylic acids is 1. The van der Waals surface area contributed by atoms with Crippen molar-refractivity contribution >= 4 is 11.9 Å². The number of likely N-dealkylation sites (tertiary alicyclic amines) is 1. The summed E-state index contributed by atoms with van der Waals surface area (Å²) >= 11 is 0. The van der Waals surface area contributed by atoms with Crippen LogP contribution in [0.3, 0.4) is 0 Å². The number of rotatable bonds is 5. The normalized spacial score (nSPS) is 21.6. The highest BCUT2D eigenvalue weighted by atomic mass is 16.4. The molecule has 3 rings (SSSR count). The van der Waals surface area contributed by atoms with E-state index in [2.05, 4.69) is 0 Å². The van der Waals surface area contributed by atoms with Crippen molar-refractivity contribution in [1.29, 1.82) is 0 Å². The van der Waals surface area contributed by atoms with Crippen molar-refractivity contribution in [3.8, 4) is 0 Å². The molecule has 2 fully saturated rings. The Morgan fingerprint density at radius 1 is 1.14 bits per heavy atom. The molecular formula is C18H23NO3. The van der Waals surface area contributed by atoms with Crippen molar-refractivity contribution in [1.82, 2.24) is 4.90 Å². The number of nitrogens with zero attached hydrogens (tertiary/aromatic N) is 1. The Balaban J connectivity index is 1.59. The van der Waals surface area contributed by atoms with Crippen molar-refractivity contribution in [2.75, 3.05) is 13.1 Å². The summed E-state index contributed by atoms with van der Waals surface area (Å²) in [4.78, 5) is 25.2. The fraction of sp³-hybridized carbons (Fsp3) is 0.556. The molecule has 118 valence electrons. The number of hydrogen-bond acceptors (Lipinski definition) is 2. The number of carbonyl (C=O) groups is 2. The molecule has 1 aromatic carbocycles. The lowest BCUT2D eigenvalue weighted by Gasteiger charge is -2.33. The van der Waals surface area contributed by atoms with E-state index in [0.29, 0.717) is 23.8 Å². The molecule has 0 aromatic heterocycles. The molecule has 0 unspecified atom stereocenters. The first kappa shape index (κ1) is 15.1. The van der Waals surface area contributed by atoms with E-state index in [1.54, 1.807) is 12.1 Å². The number of carboxylic acid groups (broad SMARTS) is 1. The Kier molecular flexibility index (Phi) is 4.46. The van der Waals surface area contributed by atoms with E-state index >= 15 is 0 Å². The monoisotopic (exact) mass is 301 g/mol. The maximum atomic E-state index is 12.3. The summed E-state index contributed by atoms with van der Waals surface area (Å²) < 4.78 is 0. The van der Waals surface area contributed by atoms with Crippen LogP contribution in [0.25, 0.3) is 0 Å². The summed E-state index contributed by atoms with van der Waals surface area (Å²) in [6.45, 7) is 1.64. The molecule has 1 saturated heterocycles. The van der Waals surface area contributed by atoms with Gasteiger partial charge in [-0.15, -0.1) is 0 Å². The number of aromatic carboxylic acids is 1. The van der Waals surface area contributed by atoms with Crippen molar-refractivity contribution in [2.45, 2.75) is 44.4 Å². The molecule has 1 heterocycles. The van der Waals surface area contributed by atoms with Crippen molar-refractivity contribution < 1.29 is 14.7 Å². The Bertz CT molecular complexity index is 548. The Hall–Kier alpha value is -1.84. The van der Waals surface area contributed by atoms with Gasteiger partial charge in [0.1, 0.15) is 0 Å². The highest BCUT2D eigenvalue weighted by molar-refractivity contribution is 5.87. The molecule has 1 aliphatic heterocycles. The fourth-order valence-electron chi connectivity index (χ4n) is 3.27. The summed E-state index contributed by atoms with van der Waals surface area (Å²) in [6.07, 6.45) is 6.43. The standard InChI is InChI=1S/C18H23NO3/c20-17(10-5-13-3-4-13)19-11-1-2-16(12-19)14-6-8-15(9-7-14)18(21)22/h6-9,13,16H,1-5,10-12H2,(H,21,22)/t16-/m1/s1. The number of piperidine rings is 1. The SMILES string of the molecule is O=C(O)c1ccc([C@@H]2CCCN(C(=O)CCC3CC3)C2)cc1. The molecule has 1 saturated carbocycles. The van der Waals surface area contributed by atoms with Crippen LogP contribution in [0, 0.1) is 5.92 Å². The van der Waals surface area contributed by atoms with Crippen LogP contribution >= 0.6 is 0 Å². The highest BCUT2D eigenvalue weighted by Crippen LogP contribution is 2.34. The van der Waals surface area contributed by atoms with Gasteiger partial charge >= 0.3 is 5.97 Å². The largest absolute Gasteiger partial charge is 0.478 e. The first-order valence-corrected chi connectivity index (χ1v) is 8.24. The predicted octanol–water partition coefficient (Wildman–Crippen LogP) is 3.28. The first-order chi connectivity index (χ1) is 10.6. The van der Waals surface area contributed by atoms with Crippen LogP contribution in [-0.4, -0.2) is 35.0 Å². The quantitative estimate of drug-likeness (QED) is 0.908. The summed E-state index contributed by atoms with van der Waals surface area (Å²) in [6, 6.07) is 7.11. The van der Waals surface area contributed by atoms with Gasteiger partial charge in [-0.2, -0.15) is 0 Å². The first-order valence-electron chi connectivity index (χ1n) is 8.24. The van der Waals surface area contributed by atoms with Gasteiger partial charge in [0.05, 0.1) is 5.56 Å². The highest BCUT2D eigenvalue weighted by Gasteiger charge is 2.27. The van der Waals surface area contributed by atoms with Gasteiger partial charge in [0.15, 0.2) is 0 Å². The number of carbonyl (C=O) groups excluding carboxylic acids is 1. The zero-order valence-corrected chi connectivity index (χ0v) is 12.8. The van der Waals surface area contributed by atoms with E-state index in [-0.39, 0.29) is 0 Å². The van der Waals surface area contributed by atoms with Gasteiger partial charge in [-0.05, 0) is 42.9 Å². The molecule has 0 radical (unpaired) electrons. The minimum atomic E-state index is -0.896. The van der Waals surface area contributed by atoms with Crippen molar-refractivity contribution in [2.24, 2.45) is 5.92 Å². The average molecular weight is 301 g/mol. The Morgan fingerprint density at radius 3 is 2.50 bits per heavy atom. The van der Waals surface area contributed by atoms with Gasteiger partial charge in [0.25, 0.3) is 0 Å². The van der Waals surface area contributed by atoms with Gasteiger partial charge in [0, 0.05) is 25.4 Å². The van der Waals surface area contributed by atoms with Crippen LogP contribution < -0.4 is 0 Å². The second kappa shape index (κ2) is 6.51. The minimum Gasteiger partial charge on any atom is -0.478 e. The molecule has 4 nitrogen and oxygen atoms in total. The lowest BCUT2D eigenvalue weighted by Crippen LogP contribution is -2.39. The minimum absolute atomic E-state index is 0.291. The molecule has 4 heteroatoms. The second-order valence-corrected chi connectivity index (χ2v) is 6.59. The van der Waals surface area contributed by atoms with Gasteiger partial charge in [-0.1, -0.05) is 25.0 Å². The summed E-state index contributed by atoms with van der Waals surface area (Å²) in [5.74, 6) is 0.528. The Labute approximate surface area is 131 Å². The molecule has 0 spiro atoms. The molecule has 1 atom stereocenters. The molecular weight excluding hydrogens is 278 g/mol. The van der Waals surface area contributed by atoms with Gasteiger partial charge in [0.2, 0.25) is 5.91 Å². The molecule has 1 N–H and O–H groups in total. The van der Waals surface area contributed by atoms with Crippen LogP contribution in [-0.2, 0) is 4.79 Å². The zero-order valence-electron chi connectivity index (χ0n) is 12.8. The van der Waals surface area contributed by atoms with E-state index in [4.69, 9.17) is 5.11 Å². The molecule has 1 aromatic rings. The third kappa shape index (κ3) is 3.67. The topological polar surface area (TPSA) is 57.6 Å². The van der Waals surface area contributed by atoms with Gasteiger partial charge in [-0.25, -0.2) is 4.79 Å². The maximum Gasteiger partial charge on any atom is 0.335 e. The zero-order chi connectivity index (χ0) is 15.5. The van der Waals surface area contributed by atoms with E-state index in [9.17, 15) is 9.59 Å². The summed E-state index contributed by atoms with van der Waals surface area (Å²) in [7, 11) is 0. The van der Waals surface area contributed by atoms with Crippen LogP contribution in [0.4, 0.5) is 0 Å². The second-order valence-electron chi connectivity index (χ2n) is 6.59. The third-order valence-electron chi connectivity index (χ3n) is 4.87. The molecule has 1 aliphatic carbocycles. The predicted molar refractivity (Wildman–Crippen MR) is 83.9 cm³/mol. The third-order valence-corrected chi connectivity index (χ3v) is 4.87. The van der Waals surface area contributed by atoms with E-state index < -0.39 is 5.97 Å². The fourth-order valence-corrected chi connectivity index (χ4v) is 3.27. The Morgan fingerprint density at radius 2 is 1.86 bits per heavy atom. The molecule has 2 aliphatic rings. The van der Waals surface area contributed by atoms with Crippen LogP contribution in [0.1, 0.15) is 60.4 Å². The van der Waals surface area contributed by atoms with E-state index in [1.165, 1.54) is 12.8 Å².